The van der Waals surface area contributed by atoms with Crippen molar-refractivity contribution in [2.24, 2.45) is 0 Å². The molecule has 2 N–H and O–H groups in total. The fourth-order valence-electron chi connectivity index (χ4n) is 4.51. The van der Waals surface area contributed by atoms with Gasteiger partial charge in [0.1, 0.15) is 6.04 Å². The number of H-pyrrole nitrogens is 1. The Hall–Kier alpha value is -3.16. The van der Waals surface area contributed by atoms with E-state index >= 15 is 0 Å². The van der Waals surface area contributed by atoms with E-state index in [4.69, 9.17) is 0 Å². The first-order valence-corrected chi connectivity index (χ1v) is 12.2. The van der Waals surface area contributed by atoms with Gasteiger partial charge in [-0.05, 0) is 48.4 Å². The third kappa shape index (κ3) is 3.47. The molecule has 5 rings (SSSR count). The van der Waals surface area contributed by atoms with Crippen LogP contribution in [0.25, 0.3) is 21.7 Å². The standard InChI is InChI=1S/C25H25N3O3S/c1-16(2)26-25(29)24-14-21-20-9-5-6-10-22(20)27-23(21)15-28(24)32(30,31)19-12-11-17-7-3-4-8-18(17)13-19/h3-13,16,24,27H,14-15H2,1-2H3,(H,26,29). The van der Waals surface area contributed by atoms with Crippen LogP contribution in [0.15, 0.2) is 71.6 Å². The molecule has 7 heteroatoms. The Morgan fingerprint density at radius 3 is 2.53 bits per heavy atom. The lowest BCUT2D eigenvalue weighted by Crippen LogP contribution is -2.53. The molecule has 0 saturated carbocycles. The average Bonchev–Trinajstić information content (AvgIpc) is 3.15. The highest BCUT2D eigenvalue weighted by Crippen LogP contribution is 2.34. The van der Waals surface area contributed by atoms with Crippen LogP contribution in [0, 0.1) is 0 Å². The van der Waals surface area contributed by atoms with Crippen molar-refractivity contribution in [3.05, 3.63) is 78.0 Å². The van der Waals surface area contributed by atoms with Gasteiger partial charge in [0.15, 0.2) is 0 Å². The van der Waals surface area contributed by atoms with Crippen molar-refractivity contribution in [1.29, 1.82) is 0 Å². The fraction of sp³-hybridized carbons (Fsp3) is 0.240. The normalized spacial score (nSPS) is 17.0. The lowest BCUT2D eigenvalue weighted by Gasteiger charge is -2.34. The molecule has 1 amide bonds. The Morgan fingerprint density at radius 2 is 1.75 bits per heavy atom. The highest BCUT2D eigenvalue weighted by Gasteiger charge is 2.41. The molecule has 164 valence electrons. The summed E-state index contributed by atoms with van der Waals surface area (Å²) in [5, 5.41) is 5.76. The maximum Gasteiger partial charge on any atom is 0.244 e. The summed E-state index contributed by atoms with van der Waals surface area (Å²) in [6, 6.07) is 19.7. The number of benzene rings is 3. The Balaban J connectivity index is 1.62. The molecular weight excluding hydrogens is 422 g/mol. The molecule has 0 spiro atoms. The van der Waals surface area contributed by atoms with Gasteiger partial charge in [-0.15, -0.1) is 0 Å². The number of carbonyl (C=O) groups is 1. The molecule has 4 aromatic rings. The Bertz CT molecular complexity index is 1440. The van der Waals surface area contributed by atoms with Crippen LogP contribution in [0.2, 0.25) is 0 Å². The fourth-order valence-corrected chi connectivity index (χ4v) is 6.10. The first-order chi connectivity index (χ1) is 15.3. The smallest absolute Gasteiger partial charge is 0.244 e. The molecule has 0 radical (unpaired) electrons. The topological polar surface area (TPSA) is 82.3 Å². The van der Waals surface area contributed by atoms with Gasteiger partial charge in [0.2, 0.25) is 15.9 Å². The Labute approximate surface area is 187 Å². The van der Waals surface area contributed by atoms with Crippen molar-refractivity contribution in [3.63, 3.8) is 0 Å². The highest BCUT2D eigenvalue weighted by molar-refractivity contribution is 7.89. The van der Waals surface area contributed by atoms with Crippen molar-refractivity contribution in [2.45, 2.75) is 43.8 Å². The minimum atomic E-state index is -3.91. The molecule has 1 unspecified atom stereocenters. The van der Waals surface area contributed by atoms with Gasteiger partial charge in [0, 0.05) is 29.1 Å². The molecule has 3 aromatic carbocycles. The summed E-state index contributed by atoms with van der Waals surface area (Å²) in [4.78, 5) is 16.7. The van der Waals surface area contributed by atoms with Crippen LogP contribution in [0.1, 0.15) is 25.1 Å². The molecule has 1 aliphatic rings. The second-order valence-corrected chi connectivity index (χ2v) is 10.5. The van der Waals surface area contributed by atoms with Crippen molar-refractivity contribution >= 4 is 37.6 Å². The first-order valence-electron chi connectivity index (χ1n) is 10.7. The number of aromatic nitrogens is 1. The SMILES string of the molecule is CC(C)NC(=O)C1Cc2c([nH]c3ccccc23)CN1S(=O)(=O)c1ccc2ccccc2c1. The second kappa shape index (κ2) is 7.76. The number of sulfonamides is 1. The van der Waals surface area contributed by atoms with E-state index in [0.717, 1.165) is 32.9 Å². The molecule has 1 aliphatic heterocycles. The number of carbonyl (C=O) groups excluding carboxylic acids is 1. The number of rotatable bonds is 4. The van der Waals surface area contributed by atoms with E-state index in [-0.39, 0.29) is 23.4 Å². The van der Waals surface area contributed by atoms with Crippen LogP contribution in [-0.2, 0) is 27.8 Å². The van der Waals surface area contributed by atoms with Crippen LogP contribution < -0.4 is 5.32 Å². The number of para-hydroxylation sites is 1. The van der Waals surface area contributed by atoms with Crippen LogP contribution in [0.5, 0.6) is 0 Å². The van der Waals surface area contributed by atoms with Gasteiger partial charge < -0.3 is 10.3 Å². The van der Waals surface area contributed by atoms with E-state index < -0.39 is 16.1 Å². The summed E-state index contributed by atoms with van der Waals surface area (Å²) in [5.41, 5.74) is 2.80. The van der Waals surface area contributed by atoms with E-state index in [1.165, 1.54) is 4.31 Å². The first kappa shape index (κ1) is 20.7. The monoisotopic (exact) mass is 447 g/mol. The Morgan fingerprint density at radius 1 is 1.03 bits per heavy atom. The Kier molecular flexibility index (Phi) is 5.03. The number of amides is 1. The average molecular weight is 448 g/mol. The summed E-state index contributed by atoms with van der Waals surface area (Å²) in [6.45, 7) is 3.87. The molecule has 0 aliphatic carbocycles. The van der Waals surface area contributed by atoms with Gasteiger partial charge in [-0.1, -0.05) is 48.5 Å². The largest absolute Gasteiger partial charge is 0.357 e. The zero-order valence-electron chi connectivity index (χ0n) is 18.0. The van der Waals surface area contributed by atoms with E-state index in [2.05, 4.69) is 10.3 Å². The van der Waals surface area contributed by atoms with Gasteiger partial charge in [0.05, 0.1) is 11.4 Å². The number of nitrogens with one attached hydrogen (secondary N) is 2. The number of aromatic amines is 1. The number of nitrogens with zero attached hydrogens (tertiary/aromatic N) is 1. The predicted octanol–water partition coefficient (Wildman–Crippen LogP) is 3.96. The lowest BCUT2D eigenvalue weighted by molar-refractivity contribution is -0.125. The van der Waals surface area contributed by atoms with E-state index in [1.54, 1.807) is 12.1 Å². The quantitative estimate of drug-likeness (QED) is 0.497. The molecule has 0 saturated heterocycles. The summed E-state index contributed by atoms with van der Waals surface area (Å²) in [6.07, 6.45) is 0.324. The third-order valence-electron chi connectivity index (χ3n) is 6.02. The maximum absolute atomic E-state index is 13.8. The predicted molar refractivity (Wildman–Crippen MR) is 126 cm³/mol. The molecule has 0 bridgehead atoms. The molecule has 1 aromatic heterocycles. The van der Waals surface area contributed by atoms with Gasteiger partial charge in [-0.25, -0.2) is 8.42 Å². The minimum absolute atomic E-state index is 0.0860. The summed E-state index contributed by atoms with van der Waals surface area (Å²) >= 11 is 0. The molecular formula is C25H25N3O3S. The van der Waals surface area contributed by atoms with Crippen LogP contribution in [-0.4, -0.2) is 35.7 Å². The second-order valence-electron chi connectivity index (χ2n) is 8.57. The van der Waals surface area contributed by atoms with E-state index in [0.29, 0.717) is 6.42 Å². The van der Waals surface area contributed by atoms with Crippen LogP contribution >= 0.6 is 0 Å². The highest BCUT2D eigenvalue weighted by atomic mass is 32.2. The summed E-state index contributed by atoms with van der Waals surface area (Å²) < 4.78 is 28.9. The lowest BCUT2D eigenvalue weighted by atomic mass is 9.98. The number of fused-ring (bicyclic) bond motifs is 4. The van der Waals surface area contributed by atoms with E-state index in [1.807, 2.05) is 68.4 Å². The van der Waals surface area contributed by atoms with Crippen LogP contribution in [0.3, 0.4) is 0 Å². The zero-order valence-corrected chi connectivity index (χ0v) is 18.8. The maximum atomic E-state index is 13.8. The van der Waals surface area contributed by atoms with Crippen molar-refractivity contribution in [2.75, 3.05) is 0 Å². The summed E-state index contributed by atoms with van der Waals surface area (Å²) in [5.74, 6) is -0.278. The molecule has 32 heavy (non-hydrogen) atoms. The van der Waals surface area contributed by atoms with Crippen LogP contribution in [0.4, 0.5) is 0 Å². The minimum Gasteiger partial charge on any atom is -0.357 e. The van der Waals surface area contributed by atoms with Gasteiger partial charge in [-0.2, -0.15) is 4.31 Å². The van der Waals surface area contributed by atoms with Crippen molar-refractivity contribution in [3.8, 4) is 0 Å². The molecule has 6 nitrogen and oxygen atoms in total. The molecule has 1 atom stereocenters. The van der Waals surface area contributed by atoms with Gasteiger partial charge in [-0.3, -0.25) is 4.79 Å². The van der Waals surface area contributed by atoms with Gasteiger partial charge >= 0.3 is 0 Å². The summed E-state index contributed by atoms with van der Waals surface area (Å²) in [7, 11) is -3.91. The van der Waals surface area contributed by atoms with E-state index in [9.17, 15) is 13.2 Å². The molecule has 2 heterocycles. The van der Waals surface area contributed by atoms with Crippen molar-refractivity contribution < 1.29 is 13.2 Å². The van der Waals surface area contributed by atoms with Crippen molar-refractivity contribution in [1.82, 2.24) is 14.6 Å². The molecule has 0 fully saturated rings. The number of hydrogen-bond acceptors (Lipinski definition) is 3. The number of hydrogen-bond donors (Lipinski definition) is 2. The zero-order chi connectivity index (χ0) is 22.5. The third-order valence-corrected chi connectivity index (χ3v) is 7.87. The van der Waals surface area contributed by atoms with Gasteiger partial charge in [0.25, 0.3) is 0 Å².